The Morgan fingerprint density at radius 3 is 2.56 bits per heavy atom. The van der Waals surface area contributed by atoms with Crippen molar-refractivity contribution in [1.29, 1.82) is 0 Å². The summed E-state index contributed by atoms with van der Waals surface area (Å²) in [6, 6.07) is 14.8. The summed E-state index contributed by atoms with van der Waals surface area (Å²) in [7, 11) is 1.31. The summed E-state index contributed by atoms with van der Waals surface area (Å²) in [6.45, 7) is 0. The number of hydrogen-bond donors (Lipinski definition) is 1. The summed E-state index contributed by atoms with van der Waals surface area (Å²) < 4.78 is 4.71. The van der Waals surface area contributed by atoms with Gasteiger partial charge in [0.05, 0.1) is 24.3 Å². The van der Waals surface area contributed by atoms with Crippen LogP contribution in [0.1, 0.15) is 26.4 Å². The number of methoxy groups -OCH3 is 1. The molecule has 0 bridgehead atoms. The van der Waals surface area contributed by atoms with Crippen molar-refractivity contribution in [2.75, 3.05) is 7.11 Å². The number of nitrogens with zero attached hydrogens (tertiary/aromatic N) is 2. The highest BCUT2D eigenvalue weighted by Gasteiger charge is 2.29. The second kappa shape index (κ2) is 5.60. The molecule has 5 rings (SSSR count). The van der Waals surface area contributed by atoms with E-state index in [4.69, 9.17) is 4.74 Å². The smallest absolute Gasteiger partial charge is 0.356 e. The lowest BCUT2D eigenvalue weighted by Gasteiger charge is -2.06. The van der Waals surface area contributed by atoms with Gasteiger partial charge in [-0.15, -0.1) is 0 Å². The number of aromatic amines is 1. The van der Waals surface area contributed by atoms with Crippen molar-refractivity contribution >= 4 is 22.8 Å². The van der Waals surface area contributed by atoms with Crippen LogP contribution in [0.25, 0.3) is 33.5 Å². The lowest BCUT2D eigenvalue weighted by molar-refractivity contribution is 0.0594. The van der Waals surface area contributed by atoms with Gasteiger partial charge in [0.1, 0.15) is 5.82 Å². The van der Waals surface area contributed by atoms with E-state index in [1.54, 1.807) is 12.3 Å². The van der Waals surface area contributed by atoms with Crippen LogP contribution in [0.4, 0.5) is 0 Å². The van der Waals surface area contributed by atoms with Crippen LogP contribution in [0.3, 0.4) is 0 Å². The fourth-order valence-corrected chi connectivity index (χ4v) is 3.53. The molecule has 0 radical (unpaired) electrons. The predicted octanol–water partition coefficient (Wildman–Crippen LogP) is 3.62. The van der Waals surface area contributed by atoms with Gasteiger partial charge in [0.15, 0.2) is 11.5 Å². The predicted molar refractivity (Wildman–Crippen MR) is 99.5 cm³/mol. The largest absolute Gasteiger partial charge is 0.464 e. The van der Waals surface area contributed by atoms with E-state index in [2.05, 4.69) is 15.0 Å². The van der Waals surface area contributed by atoms with Crippen LogP contribution >= 0.6 is 0 Å². The molecule has 2 aromatic carbocycles. The van der Waals surface area contributed by atoms with E-state index in [0.717, 1.165) is 16.7 Å². The van der Waals surface area contributed by atoms with Crippen molar-refractivity contribution in [3.63, 3.8) is 0 Å². The Bertz CT molecular complexity index is 1260. The summed E-state index contributed by atoms with van der Waals surface area (Å²) in [4.78, 5) is 36.4. The first-order chi connectivity index (χ1) is 13.2. The number of benzene rings is 2. The van der Waals surface area contributed by atoms with E-state index >= 15 is 0 Å². The molecule has 0 unspecified atom stereocenters. The van der Waals surface area contributed by atoms with Gasteiger partial charge < -0.3 is 9.72 Å². The molecule has 0 aliphatic heterocycles. The van der Waals surface area contributed by atoms with Gasteiger partial charge in [-0.05, 0) is 11.6 Å². The first-order valence-electron chi connectivity index (χ1n) is 8.39. The number of esters is 1. The summed E-state index contributed by atoms with van der Waals surface area (Å²) in [5.41, 5.74) is 5.49. The minimum Gasteiger partial charge on any atom is -0.464 e. The van der Waals surface area contributed by atoms with Crippen molar-refractivity contribution in [3.05, 3.63) is 71.5 Å². The Morgan fingerprint density at radius 2 is 1.74 bits per heavy atom. The normalized spacial score (nSPS) is 12.1. The summed E-state index contributed by atoms with van der Waals surface area (Å²) in [5.74, 6) is 0.130. The molecular formula is C21H13N3O3. The number of ether oxygens (including phenoxy) is 1. The molecule has 27 heavy (non-hydrogen) atoms. The second-order valence-electron chi connectivity index (χ2n) is 6.27. The number of ketones is 1. The zero-order valence-electron chi connectivity index (χ0n) is 14.3. The zero-order valence-corrected chi connectivity index (χ0v) is 14.3. The minimum absolute atomic E-state index is 0.0215. The molecule has 6 nitrogen and oxygen atoms in total. The van der Waals surface area contributed by atoms with Crippen LogP contribution in [0.15, 0.2) is 54.7 Å². The zero-order chi connectivity index (χ0) is 18.5. The number of aromatic nitrogens is 3. The maximum Gasteiger partial charge on any atom is 0.356 e. The van der Waals surface area contributed by atoms with E-state index in [-0.39, 0.29) is 11.5 Å². The van der Waals surface area contributed by atoms with E-state index in [9.17, 15) is 9.59 Å². The maximum atomic E-state index is 12.7. The monoisotopic (exact) mass is 355 g/mol. The number of H-pyrrole nitrogens is 1. The molecule has 0 saturated heterocycles. The third kappa shape index (κ3) is 2.20. The number of nitrogens with one attached hydrogen (secondary N) is 1. The number of pyridine rings is 1. The molecule has 0 spiro atoms. The van der Waals surface area contributed by atoms with Gasteiger partial charge in [-0.25, -0.2) is 14.8 Å². The van der Waals surface area contributed by atoms with Gasteiger partial charge >= 0.3 is 5.97 Å². The number of carbonyl (C=O) groups excluding carboxylic acids is 2. The molecule has 6 heteroatoms. The van der Waals surface area contributed by atoms with E-state index in [1.807, 2.05) is 42.5 Å². The lowest BCUT2D eigenvalue weighted by Crippen LogP contribution is -2.03. The molecule has 130 valence electrons. The van der Waals surface area contributed by atoms with Crippen LogP contribution < -0.4 is 0 Å². The fraction of sp³-hybridized carbons (Fsp3) is 0.0476. The van der Waals surface area contributed by atoms with Gasteiger partial charge in [0.25, 0.3) is 0 Å². The SMILES string of the molecule is COC(=O)c1cc2nc(-c3cccc4c3-c3ccccc3C4=O)[nH]c2cn1. The Kier molecular flexibility index (Phi) is 3.21. The molecule has 2 heterocycles. The van der Waals surface area contributed by atoms with Crippen LogP contribution in [0.2, 0.25) is 0 Å². The Hall–Kier alpha value is -3.80. The average Bonchev–Trinajstić information content (AvgIpc) is 3.27. The van der Waals surface area contributed by atoms with Gasteiger partial charge in [-0.2, -0.15) is 0 Å². The number of hydrogen-bond acceptors (Lipinski definition) is 5. The summed E-state index contributed by atoms with van der Waals surface area (Å²) in [5, 5.41) is 0. The molecule has 0 atom stereocenters. The lowest BCUT2D eigenvalue weighted by atomic mass is 9.99. The molecule has 1 N–H and O–H groups in total. The minimum atomic E-state index is -0.512. The highest BCUT2D eigenvalue weighted by atomic mass is 16.5. The van der Waals surface area contributed by atoms with Gasteiger partial charge in [0.2, 0.25) is 0 Å². The van der Waals surface area contributed by atoms with Crippen LogP contribution in [0.5, 0.6) is 0 Å². The number of fused-ring (bicyclic) bond motifs is 4. The molecule has 0 amide bonds. The van der Waals surface area contributed by atoms with Crippen molar-refractivity contribution in [2.24, 2.45) is 0 Å². The molecule has 4 aromatic rings. The fourth-order valence-electron chi connectivity index (χ4n) is 3.53. The quantitative estimate of drug-likeness (QED) is 0.489. The van der Waals surface area contributed by atoms with Crippen molar-refractivity contribution in [1.82, 2.24) is 15.0 Å². The summed E-state index contributed by atoms with van der Waals surface area (Å²) >= 11 is 0. The van der Waals surface area contributed by atoms with Crippen LogP contribution in [-0.4, -0.2) is 33.8 Å². The number of carbonyl (C=O) groups is 2. The van der Waals surface area contributed by atoms with Crippen molar-refractivity contribution in [2.45, 2.75) is 0 Å². The molecule has 0 fully saturated rings. The molecular weight excluding hydrogens is 342 g/mol. The molecule has 1 aliphatic rings. The topological polar surface area (TPSA) is 84.9 Å². The van der Waals surface area contributed by atoms with E-state index in [0.29, 0.717) is 28.0 Å². The van der Waals surface area contributed by atoms with E-state index in [1.165, 1.54) is 7.11 Å². The van der Waals surface area contributed by atoms with Crippen LogP contribution in [-0.2, 0) is 4.74 Å². The first-order valence-corrected chi connectivity index (χ1v) is 8.39. The van der Waals surface area contributed by atoms with Gasteiger partial charge in [0, 0.05) is 22.3 Å². The van der Waals surface area contributed by atoms with Crippen molar-refractivity contribution < 1.29 is 14.3 Å². The third-order valence-electron chi connectivity index (χ3n) is 4.77. The van der Waals surface area contributed by atoms with Crippen LogP contribution in [0, 0.1) is 0 Å². The Balaban J connectivity index is 1.72. The van der Waals surface area contributed by atoms with Crippen molar-refractivity contribution in [3.8, 4) is 22.5 Å². The highest BCUT2D eigenvalue weighted by molar-refractivity contribution is 6.23. The second-order valence-corrected chi connectivity index (χ2v) is 6.27. The van der Waals surface area contributed by atoms with Gasteiger partial charge in [-0.3, -0.25) is 4.79 Å². The Morgan fingerprint density at radius 1 is 1.00 bits per heavy atom. The molecule has 2 aromatic heterocycles. The number of imidazole rings is 1. The average molecular weight is 355 g/mol. The van der Waals surface area contributed by atoms with E-state index < -0.39 is 5.97 Å². The summed E-state index contributed by atoms with van der Waals surface area (Å²) in [6.07, 6.45) is 1.56. The first kappa shape index (κ1) is 15.5. The standard InChI is InChI=1S/C21H13N3O3/c1-27-21(26)16-9-15-17(10-22-16)24-20(23-15)14-8-4-7-13-18(14)11-5-2-3-6-12(11)19(13)25/h2-10H,1H3,(H,23,24). The highest BCUT2D eigenvalue weighted by Crippen LogP contribution is 2.42. The maximum absolute atomic E-state index is 12.7. The number of rotatable bonds is 2. The molecule has 1 aliphatic carbocycles. The molecule has 0 saturated carbocycles. The Labute approximate surface area is 153 Å². The third-order valence-corrected chi connectivity index (χ3v) is 4.77. The van der Waals surface area contributed by atoms with Gasteiger partial charge in [-0.1, -0.05) is 42.5 Å².